The van der Waals surface area contributed by atoms with Crippen LogP contribution in [0.2, 0.25) is 0 Å². The van der Waals surface area contributed by atoms with Crippen LogP contribution < -0.4 is 5.32 Å². The van der Waals surface area contributed by atoms with E-state index in [1.807, 2.05) is 0 Å². The van der Waals surface area contributed by atoms with Crippen molar-refractivity contribution in [3.63, 3.8) is 0 Å². The lowest BCUT2D eigenvalue weighted by Crippen LogP contribution is -2.47. The van der Waals surface area contributed by atoms with Gasteiger partial charge in [0.15, 0.2) is 0 Å². The fourth-order valence-corrected chi connectivity index (χ4v) is 2.00. The van der Waals surface area contributed by atoms with Crippen LogP contribution in [0.5, 0.6) is 5.75 Å². The molecule has 1 aromatic carbocycles. The summed E-state index contributed by atoms with van der Waals surface area (Å²) in [4.78, 5) is 11.9. The molecule has 1 amide bonds. The first-order valence-corrected chi connectivity index (χ1v) is 7.31. The summed E-state index contributed by atoms with van der Waals surface area (Å²) < 4.78 is 5.31. The highest BCUT2D eigenvalue weighted by atomic mass is 16.5. The molecule has 1 atom stereocenters. The summed E-state index contributed by atoms with van der Waals surface area (Å²) >= 11 is 0. The highest BCUT2D eigenvalue weighted by molar-refractivity contribution is 5.78. The molecule has 118 valence electrons. The number of carbonyl (C=O) groups excluding carboxylic acids is 1. The lowest BCUT2D eigenvalue weighted by atomic mass is 9.93. The normalized spacial score (nSPS) is 13.7. The van der Waals surface area contributed by atoms with E-state index in [0.717, 1.165) is 24.8 Å². The predicted octanol–water partition coefficient (Wildman–Crippen LogP) is 1.92. The van der Waals surface area contributed by atoms with Crippen molar-refractivity contribution < 1.29 is 19.7 Å². The number of phenols is 1. The largest absolute Gasteiger partial charge is 0.508 e. The number of hydrogen-bond acceptors (Lipinski definition) is 4. The molecule has 21 heavy (non-hydrogen) atoms. The third kappa shape index (κ3) is 5.73. The molecule has 1 aromatic rings. The van der Waals surface area contributed by atoms with E-state index >= 15 is 0 Å². The van der Waals surface area contributed by atoms with Crippen LogP contribution in [0.3, 0.4) is 0 Å². The molecule has 1 unspecified atom stereocenters. The zero-order chi connectivity index (χ0) is 15.7. The van der Waals surface area contributed by atoms with Gasteiger partial charge in [-0.3, -0.25) is 4.79 Å². The molecule has 5 nitrogen and oxygen atoms in total. The third-order valence-corrected chi connectivity index (χ3v) is 3.36. The summed E-state index contributed by atoms with van der Waals surface area (Å²) in [5, 5.41) is 21.6. The molecule has 0 radical (unpaired) electrons. The van der Waals surface area contributed by atoms with Crippen molar-refractivity contribution in [2.24, 2.45) is 0 Å². The minimum Gasteiger partial charge on any atom is -0.508 e. The number of aromatic hydroxyl groups is 1. The van der Waals surface area contributed by atoms with Gasteiger partial charge in [0.25, 0.3) is 0 Å². The van der Waals surface area contributed by atoms with Gasteiger partial charge in [-0.1, -0.05) is 31.9 Å². The number of aliphatic hydroxyl groups excluding tert-OH is 1. The summed E-state index contributed by atoms with van der Waals surface area (Å²) in [7, 11) is 0. The van der Waals surface area contributed by atoms with Gasteiger partial charge in [-0.05, 0) is 31.0 Å². The highest BCUT2D eigenvalue weighted by Crippen LogP contribution is 2.22. The van der Waals surface area contributed by atoms with Gasteiger partial charge in [0.05, 0.1) is 12.1 Å². The van der Waals surface area contributed by atoms with Crippen molar-refractivity contribution in [3.8, 4) is 5.75 Å². The standard InChI is InChI=1S/C16H25NO4/c1-3-4-5-10-21-11-15(20)17-16(2,12-18)13-6-8-14(19)9-7-13/h6-9,18-19H,3-5,10-12H2,1-2H3,(H,17,20). The molecular weight excluding hydrogens is 270 g/mol. The van der Waals surface area contributed by atoms with Crippen LogP contribution in [0.15, 0.2) is 24.3 Å². The van der Waals surface area contributed by atoms with Crippen molar-refractivity contribution in [2.75, 3.05) is 19.8 Å². The van der Waals surface area contributed by atoms with E-state index in [1.54, 1.807) is 19.1 Å². The van der Waals surface area contributed by atoms with E-state index in [-0.39, 0.29) is 24.9 Å². The lowest BCUT2D eigenvalue weighted by Gasteiger charge is -2.29. The average molecular weight is 295 g/mol. The van der Waals surface area contributed by atoms with Crippen molar-refractivity contribution in [3.05, 3.63) is 29.8 Å². The van der Waals surface area contributed by atoms with Crippen molar-refractivity contribution in [2.45, 2.75) is 38.6 Å². The Kier molecular flexibility index (Phi) is 7.19. The van der Waals surface area contributed by atoms with Crippen molar-refractivity contribution in [1.29, 1.82) is 0 Å². The van der Waals surface area contributed by atoms with Gasteiger partial charge in [0, 0.05) is 6.61 Å². The molecule has 3 N–H and O–H groups in total. The number of amides is 1. The van der Waals surface area contributed by atoms with Gasteiger partial charge in [-0.25, -0.2) is 0 Å². The van der Waals surface area contributed by atoms with Crippen LogP contribution in [0.4, 0.5) is 0 Å². The van der Waals surface area contributed by atoms with Gasteiger partial charge in [-0.2, -0.15) is 0 Å². The molecule has 5 heteroatoms. The maximum absolute atomic E-state index is 11.9. The second kappa shape index (κ2) is 8.64. The zero-order valence-electron chi connectivity index (χ0n) is 12.8. The van der Waals surface area contributed by atoms with E-state index < -0.39 is 5.54 Å². The maximum atomic E-state index is 11.9. The van der Waals surface area contributed by atoms with Crippen LogP contribution in [0, 0.1) is 0 Å². The Morgan fingerprint density at radius 3 is 2.52 bits per heavy atom. The zero-order valence-corrected chi connectivity index (χ0v) is 12.8. The number of nitrogens with one attached hydrogen (secondary N) is 1. The fraction of sp³-hybridized carbons (Fsp3) is 0.562. The molecule has 0 fully saturated rings. The average Bonchev–Trinajstić information content (AvgIpc) is 2.47. The minimum absolute atomic E-state index is 0.0165. The quantitative estimate of drug-likeness (QED) is 0.608. The Bertz CT molecular complexity index is 432. The van der Waals surface area contributed by atoms with Crippen LogP contribution >= 0.6 is 0 Å². The number of carbonyl (C=O) groups is 1. The van der Waals surface area contributed by atoms with Crippen LogP contribution in [-0.2, 0) is 15.1 Å². The van der Waals surface area contributed by atoms with Gasteiger partial charge >= 0.3 is 0 Å². The van der Waals surface area contributed by atoms with E-state index in [1.165, 1.54) is 12.1 Å². The van der Waals surface area contributed by atoms with Crippen molar-refractivity contribution >= 4 is 5.91 Å². The van der Waals surface area contributed by atoms with Gasteiger partial charge < -0.3 is 20.3 Å². The first kappa shape index (κ1) is 17.5. The highest BCUT2D eigenvalue weighted by Gasteiger charge is 2.27. The number of hydrogen-bond donors (Lipinski definition) is 3. The van der Waals surface area contributed by atoms with E-state index in [9.17, 15) is 15.0 Å². The second-order valence-electron chi connectivity index (χ2n) is 5.34. The predicted molar refractivity (Wildman–Crippen MR) is 81.0 cm³/mol. The Labute approximate surface area is 125 Å². The van der Waals surface area contributed by atoms with Gasteiger partial charge in [0.1, 0.15) is 12.4 Å². The fourth-order valence-electron chi connectivity index (χ4n) is 2.00. The third-order valence-electron chi connectivity index (χ3n) is 3.36. The summed E-state index contributed by atoms with van der Waals surface area (Å²) in [6, 6.07) is 6.40. The maximum Gasteiger partial charge on any atom is 0.246 e. The second-order valence-corrected chi connectivity index (χ2v) is 5.34. The molecule has 0 aliphatic heterocycles. The first-order valence-electron chi connectivity index (χ1n) is 7.31. The first-order chi connectivity index (χ1) is 10.0. The van der Waals surface area contributed by atoms with Crippen LogP contribution in [0.25, 0.3) is 0 Å². The topological polar surface area (TPSA) is 78.8 Å². The molecule has 0 saturated heterocycles. The molecule has 0 saturated carbocycles. The van der Waals surface area contributed by atoms with Crippen LogP contribution in [-0.4, -0.2) is 35.9 Å². The van der Waals surface area contributed by atoms with Crippen molar-refractivity contribution in [1.82, 2.24) is 5.32 Å². The molecule has 1 rings (SSSR count). The van der Waals surface area contributed by atoms with E-state index in [4.69, 9.17) is 4.74 Å². The summed E-state index contributed by atoms with van der Waals surface area (Å²) in [6.07, 6.45) is 3.14. The van der Waals surface area contributed by atoms with Gasteiger partial charge in [0.2, 0.25) is 5.91 Å². The van der Waals surface area contributed by atoms with Crippen LogP contribution in [0.1, 0.15) is 38.7 Å². The number of unbranched alkanes of at least 4 members (excludes halogenated alkanes) is 2. The molecular formula is C16H25NO4. The molecule has 0 bridgehead atoms. The number of aliphatic hydroxyl groups is 1. The summed E-state index contributed by atoms with van der Waals surface area (Å²) in [6.45, 7) is 4.15. The van der Waals surface area contributed by atoms with E-state index in [0.29, 0.717) is 6.61 Å². The number of rotatable bonds is 9. The molecule has 0 aliphatic rings. The summed E-state index contributed by atoms with van der Waals surface area (Å²) in [5.41, 5.74) is -0.167. The Morgan fingerprint density at radius 1 is 1.29 bits per heavy atom. The smallest absolute Gasteiger partial charge is 0.246 e. The Hall–Kier alpha value is -1.59. The molecule has 0 aromatic heterocycles. The molecule has 0 spiro atoms. The minimum atomic E-state index is -0.891. The number of ether oxygens (including phenoxy) is 1. The molecule has 0 aliphatic carbocycles. The Morgan fingerprint density at radius 2 is 1.95 bits per heavy atom. The lowest BCUT2D eigenvalue weighted by molar-refractivity contribution is -0.128. The van der Waals surface area contributed by atoms with Gasteiger partial charge in [-0.15, -0.1) is 0 Å². The number of phenolic OH excluding ortho intramolecular Hbond substituents is 1. The SMILES string of the molecule is CCCCCOCC(=O)NC(C)(CO)c1ccc(O)cc1. The monoisotopic (exact) mass is 295 g/mol. The van der Waals surface area contributed by atoms with E-state index in [2.05, 4.69) is 12.2 Å². The number of benzene rings is 1. The Balaban J connectivity index is 2.52. The summed E-state index contributed by atoms with van der Waals surface area (Å²) in [5.74, 6) is -0.124. The molecule has 0 heterocycles.